The van der Waals surface area contributed by atoms with Gasteiger partial charge in [0.15, 0.2) is 0 Å². The van der Waals surface area contributed by atoms with E-state index in [1.54, 1.807) is 23.1 Å². The molecule has 1 aliphatic heterocycles. The standard InChI is InChI=1S/C18H28N2O6S/c1-18(2,3)26-17(21)20-11-6-5-9-15(20)13-24-16-10-7-8-14(19-16)12-25-27(4,22)23/h7-8,10,15H,5-6,9,11-13H2,1-4H3/t15-/m0/s1. The first-order valence-electron chi connectivity index (χ1n) is 8.96. The molecule has 0 spiro atoms. The molecule has 1 aromatic heterocycles. The summed E-state index contributed by atoms with van der Waals surface area (Å²) in [6.07, 6.45) is 3.44. The average molecular weight is 400 g/mol. The molecule has 8 nitrogen and oxygen atoms in total. The third-order valence-electron chi connectivity index (χ3n) is 3.88. The van der Waals surface area contributed by atoms with Crippen LogP contribution in [0.25, 0.3) is 0 Å². The molecule has 0 bridgehead atoms. The number of aromatic nitrogens is 1. The predicted octanol–water partition coefficient (Wildman–Crippen LogP) is 2.73. The maximum Gasteiger partial charge on any atom is 0.410 e. The molecule has 0 saturated carbocycles. The molecule has 0 aliphatic carbocycles. The summed E-state index contributed by atoms with van der Waals surface area (Å²) < 4.78 is 38.2. The van der Waals surface area contributed by atoms with Gasteiger partial charge in [-0.15, -0.1) is 0 Å². The Hall–Kier alpha value is -1.87. The van der Waals surface area contributed by atoms with Crippen molar-refractivity contribution in [3.05, 3.63) is 23.9 Å². The Labute approximate surface area is 160 Å². The molecule has 0 radical (unpaired) electrons. The molecule has 1 aliphatic rings. The van der Waals surface area contributed by atoms with E-state index in [0.29, 0.717) is 24.7 Å². The second-order valence-electron chi connectivity index (χ2n) is 7.57. The highest BCUT2D eigenvalue weighted by Gasteiger charge is 2.31. The van der Waals surface area contributed by atoms with Gasteiger partial charge in [0.2, 0.25) is 5.88 Å². The zero-order chi connectivity index (χ0) is 20.1. The molecule has 1 fully saturated rings. The highest BCUT2D eigenvalue weighted by Crippen LogP contribution is 2.21. The quantitative estimate of drug-likeness (QED) is 0.678. The van der Waals surface area contributed by atoms with Crippen molar-refractivity contribution in [1.29, 1.82) is 0 Å². The molecule has 1 atom stereocenters. The first kappa shape index (κ1) is 21.4. The van der Waals surface area contributed by atoms with Gasteiger partial charge >= 0.3 is 6.09 Å². The van der Waals surface area contributed by atoms with Crippen molar-refractivity contribution in [2.24, 2.45) is 0 Å². The van der Waals surface area contributed by atoms with Crippen LogP contribution in [-0.2, 0) is 25.6 Å². The second kappa shape index (κ2) is 8.88. The molecule has 0 N–H and O–H groups in total. The summed E-state index contributed by atoms with van der Waals surface area (Å²) in [7, 11) is -3.54. The van der Waals surface area contributed by atoms with Gasteiger partial charge in [0.25, 0.3) is 10.1 Å². The van der Waals surface area contributed by atoms with Crippen LogP contribution in [0.3, 0.4) is 0 Å². The Bertz CT molecular complexity index is 744. The van der Waals surface area contributed by atoms with Crippen LogP contribution in [0.4, 0.5) is 4.79 Å². The van der Waals surface area contributed by atoms with E-state index in [1.165, 1.54) is 0 Å². The van der Waals surface area contributed by atoms with Crippen molar-refractivity contribution in [1.82, 2.24) is 9.88 Å². The van der Waals surface area contributed by atoms with Crippen LogP contribution in [-0.4, -0.2) is 55.4 Å². The lowest BCUT2D eigenvalue weighted by molar-refractivity contribution is 0.00333. The predicted molar refractivity (Wildman–Crippen MR) is 99.9 cm³/mol. The summed E-state index contributed by atoms with van der Waals surface area (Å²) in [6.45, 7) is 6.31. The van der Waals surface area contributed by atoms with Crippen LogP contribution in [0.5, 0.6) is 5.88 Å². The summed E-state index contributed by atoms with van der Waals surface area (Å²) in [4.78, 5) is 18.4. The minimum absolute atomic E-state index is 0.0914. The van der Waals surface area contributed by atoms with Crippen LogP contribution in [0.15, 0.2) is 18.2 Å². The SMILES string of the molecule is CC(C)(C)OC(=O)N1CCCC[C@H]1COc1cccc(COS(C)(=O)=O)n1. The van der Waals surface area contributed by atoms with Gasteiger partial charge in [-0.3, -0.25) is 4.18 Å². The highest BCUT2D eigenvalue weighted by atomic mass is 32.2. The Morgan fingerprint density at radius 1 is 1.30 bits per heavy atom. The molecular formula is C18H28N2O6S. The van der Waals surface area contributed by atoms with E-state index in [2.05, 4.69) is 4.98 Å². The number of ether oxygens (including phenoxy) is 2. The number of carbonyl (C=O) groups is 1. The van der Waals surface area contributed by atoms with E-state index >= 15 is 0 Å². The van der Waals surface area contributed by atoms with E-state index in [-0.39, 0.29) is 18.7 Å². The number of rotatable bonds is 6. The van der Waals surface area contributed by atoms with Crippen molar-refractivity contribution < 1.29 is 26.9 Å². The number of amides is 1. The van der Waals surface area contributed by atoms with E-state index in [0.717, 1.165) is 25.5 Å². The van der Waals surface area contributed by atoms with Crippen molar-refractivity contribution in [2.75, 3.05) is 19.4 Å². The molecule has 152 valence electrons. The van der Waals surface area contributed by atoms with Gasteiger partial charge in [0.05, 0.1) is 18.0 Å². The van der Waals surface area contributed by atoms with Crippen LogP contribution in [0.2, 0.25) is 0 Å². The minimum atomic E-state index is -3.54. The maximum atomic E-state index is 12.4. The maximum absolute atomic E-state index is 12.4. The zero-order valence-electron chi connectivity index (χ0n) is 16.3. The van der Waals surface area contributed by atoms with E-state index in [1.807, 2.05) is 20.8 Å². The number of hydrogen-bond donors (Lipinski definition) is 0. The largest absolute Gasteiger partial charge is 0.475 e. The first-order valence-corrected chi connectivity index (χ1v) is 10.8. The molecular weight excluding hydrogens is 372 g/mol. The van der Waals surface area contributed by atoms with Gasteiger partial charge in [-0.25, -0.2) is 9.78 Å². The number of piperidine rings is 1. The fourth-order valence-corrected chi connectivity index (χ4v) is 3.04. The summed E-state index contributed by atoms with van der Waals surface area (Å²) in [5, 5.41) is 0. The minimum Gasteiger partial charge on any atom is -0.475 e. The summed E-state index contributed by atoms with van der Waals surface area (Å²) >= 11 is 0. The Morgan fingerprint density at radius 2 is 2.04 bits per heavy atom. The van der Waals surface area contributed by atoms with Gasteiger partial charge in [0, 0.05) is 12.6 Å². The van der Waals surface area contributed by atoms with Crippen LogP contribution in [0.1, 0.15) is 45.7 Å². The van der Waals surface area contributed by atoms with Gasteiger partial charge in [-0.05, 0) is 46.1 Å². The monoisotopic (exact) mass is 400 g/mol. The normalized spacial score (nSPS) is 18.2. The van der Waals surface area contributed by atoms with E-state index in [4.69, 9.17) is 13.7 Å². The number of hydrogen-bond acceptors (Lipinski definition) is 7. The van der Waals surface area contributed by atoms with E-state index in [9.17, 15) is 13.2 Å². The lowest BCUT2D eigenvalue weighted by atomic mass is 10.0. The zero-order valence-corrected chi connectivity index (χ0v) is 17.1. The third-order valence-corrected chi connectivity index (χ3v) is 4.43. The average Bonchev–Trinajstić information content (AvgIpc) is 2.57. The molecule has 1 amide bonds. The Balaban J connectivity index is 1.96. The molecule has 1 saturated heterocycles. The molecule has 2 heterocycles. The molecule has 0 aromatic carbocycles. The van der Waals surface area contributed by atoms with Gasteiger partial charge < -0.3 is 14.4 Å². The Kier molecular flexibility index (Phi) is 7.05. The fraction of sp³-hybridized carbons (Fsp3) is 0.667. The number of likely N-dealkylation sites (tertiary alicyclic amines) is 1. The van der Waals surface area contributed by atoms with Crippen LogP contribution >= 0.6 is 0 Å². The lowest BCUT2D eigenvalue weighted by Crippen LogP contribution is -2.48. The van der Waals surface area contributed by atoms with Gasteiger partial charge in [-0.2, -0.15) is 8.42 Å². The first-order chi connectivity index (χ1) is 12.5. The molecule has 2 rings (SSSR count). The van der Waals surface area contributed by atoms with Crippen LogP contribution in [0, 0.1) is 0 Å². The summed E-state index contributed by atoms with van der Waals surface area (Å²) in [6, 6.07) is 4.97. The van der Waals surface area contributed by atoms with Crippen molar-refractivity contribution >= 4 is 16.2 Å². The number of carbonyl (C=O) groups excluding carboxylic acids is 1. The van der Waals surface area contributed by atoms with Gasteiger partial charge in [0.1, 0.15) is 18.8 Å². The van der Waals surface area contributed by atoms with Crippen molar-refractivity contribution in [3.8, 4) is 5.88 Å². The number of pyridine rings is 1. The lowest BCUT2D eigenvalue weighted by Gasteiger charge is -2.36. The van der Waals surface area contributed by atoms with E-state index < -0.39 is 15.7 Å². The molecule has 1 aromatic rings. The van der Waals surface area contributed by atoms with Crippen molar-refractivity contribution in [3.63, 3.8) is 0 Å². The molecule has 9 heteroatoms. The topological polar surface area (TPSA) is 95.0 Å². The molecule has 27 heavy (non-hydrogen) atoms. The smallest absolute Gasteiger partial charge is 0.410 e. The van der Waals surface area contributed by atoms with Crippen molar-refractivity contribution in [2.45, 2.75) is 58.3 Å². The third kappa shape index (κ3) is 7.72. The van der Waals surface area contributed by atoms with Crippen LogP contribution < -0.4 is 4.74 Å². The van der Waals surface area contributed by atoms with Gasteiger partial charge in [-0.1, -0.05) is 6.07 Å². The second-order valence-corrected chi connectivity index (χ2v) is 9.21. The Morgan fingerprint density at radius 3 is 2.70 bits per heavy atom. The summed E-state index contributed by atoms with van der Waals surface area (Å²) in [5.74, 6) is 0.360. The highest BCUT2D eigenvalue weighted by molar-refractivity contribution is 7.85. The molecule has 0 unspecified atom stereocenters. The fourth-order valence-electron chi connectivity index (χ4n) is 2.70. The summed E-state index contributed by atoms with van der Waals surface area (Å²) in [5.41, 5.74) is -0.0966. The number of nitrogens with zero attached hydrogens (tertiary/aromatic N) is 2.